The number of rotatable bonds is 2. The summed E-state index contributed by atoms with van der Waals surface area (Å²) in [5, 5.41) is 0. The molecule has 1 heterocycles. The van der Waals surface area contributed by atoms with Gasteiger partial charge < -0.3 is 5.73 Å². The van der Waals surface area contributed by atoms with Crippen molar-refractivity contribution in [3.8, 4) is 0 Å². The number of carbonyl (C=O) groups excluding carboxylic acids is 1. The number of hydrogen-bond donors (Lipinski definition) is 1. The first-order chi connectivity index (χ1) is 6.41. The highest BCUT2D eigenvalue weighted by atomic mass is 32.2. The smallest absolute Gasteiger partial charge is 0.221 e. The molecule has 0 radical (unpaired) electrons. The zero-order chi connectivity index (χ0) is 11.4. The molecule has 1 rings (SSSR count). The molecule has 5 nitrogen and oxygen atoms in total. The van der Waals surface area contributed by atoms with Crippen LogP contribution in [0, 0.1) is 5.92 Å². The molecule has 1 aliphatic heterocycles. The van der Waals surface area contributed by atoms with E-state index in [-0.39, 0.29) is 12.5 Å². The number of carbonyl (C=O) groups is 1. The van der Waals surface area contributed by atoms with E-state index in [1.54, 1.807) is 0 Å². The lowest BCUT2D eigenvalue weighted by molar-refractivity contribution is -0.121. The normalized spacial score (nSPS) is 22.6. The molecule has 0 saturated carbocycles. The minimum atomic E-state index is -3.14. The van der Waals surface area contributed by atoms with Crippen molar-refractivity contribution < 1.29 is 13.2 Å². The van der Waals surface area contributed by atoms with Crippen molar-refractivity contribution in [2.75, 3.05) is 19.3 Å². The highest BCUT2D eigenvalue weighted by Gasteiger charge is 2.31. The molecule has 0 aromatic heterocycles. The number of nitrogens with two attached hydrogens (primary N) is 1. The van der Waals surface area contributed by atoms with Crippen LogP contribution in [0.5, 0.6) is 0 Å². The summed E-state index contributed by atoms with van der Waals surface area (Å²) < 4.78 is 23.2. The van der Waals surface area contributed by atoms with Gasteiger partial charge in [-0.3, -0.25) is 4.79 Å². The Labute approximate surface area is 85.3 Å². The van der Waals surface area contributed by atoms with Gasteiger partial charge in [-0.15, -0.1) is 0 Å². The molecule has 84 valence electrons. The van der Waals surface area contributed by atoms with Crippen LogP contribution in [0.2, 0.25) is 0 Å². The van der Waals surface area contributed by atoms with Gasteiger partial charge in [0, 0.05) is 13.1 Å². The summed E-state index contributed by atoms with van der Waals surface area (Å²) in [6.07, 6.45) is 1.68. The molecule has 2 N–H and O–H groups in total. The highest BCUT2D eigenvalue weighted by Crippen LogP contribution is 2.17. The topological polar surface area (TPSA) is 80.5 Å². The molecule has 0 aliphatic carbocycles. The third kappa shape index (κ3) is 3.63. The van der Waals surface area contributed by atoms with Gasteiger partial charge in [0.05, 0.1) is 12.2 Å². The third-order valence-corrected chi connectivity index (χ3v) is 3.29. The van der Waals surface area contributed by atoms with Crippen LogP contribution in [-0.2, 0) is 14.8 Å². The van der Waals surface area contributed by atoms with E-state index in [0.717, 1.165) is 6.26 Å². The average Bonchev–Trinajstić information content (AvgIpc) is 2.54. The Hall–Kier alpha value is -0.620. The fourth-order valence-electron chi connectivity index (χ4n) is 1.26. The van der Waals surface area contributed by atoms with Crippen LogP contribution < -0.4 is 5.73 Å². The van der Waals surface area contributed by atoms with E-state index < -0.39 is 15.9 Å². The van der Waals surface area contributed by atoms with E-state index in [2.05, 4.69) is 0 Å². The van der Waals surface area contributed by atoms with Gasteiger partial charge in [-0.2, -0.15) is 0 Å². The fourth-order valence-corrected chi connectivity index (χ4v) is 2.15. The summed E-state index contributed by atoms with van der Waals surface area (Å²) in [4.78, 5) is 10.7. The maximum atomic E-state index is 11.0. The van der Waals surface area contributed by atoms with E-state index in [4.69, 9.17) is 5.73 Å². The molecular formula is C8H18N2O3S. The van der Waals surface area contributed by atoms with Crippen molar-refractivity contribution in [3.05, 3.63) is 0 Å². The van der Waals surface area contributed by atoms with Crippen molar-refractivity contribution in [2.45, 2.75) is 20.3 Å². The van der Waals surface area contributed by atoms with Crippen molar-refractivity contribution in [1.29, 1.82) is 0 Å². The van der Waals surface area contributed by atoms with Crippen molar-refractivity contribution in [1.82, 2.24) is 4.31 Å². The van der Waals surface area contributed by atoms with Crippen LogP contribution in [0.3, 0.4) is 0 Å². The van der Waals surface area contributed by atoms with Crippen LogP contribution in [0.1, 0.15) is 20.3 Å². The van der Waals surface area contributed by atoms with Gasteiger partial charge in [-0.05, 0) is 6.42 Å². The van der Waals surface area contributed by atoms with Gasteiger partial charge >= 0.3 is 0 Å². The maximum absolute atomic E-state index is 11.0. The first-order valence-corrected chi connectivity index (χ1v) is 6.50. The Morgan fingerprint density at radius 2 is 1.93 bits per heavy atom. The van der Waals surface area contributed by atoms with Gasteiger partial charge in [0.2, 0.25) is 15.9 Å². The number of nitrogens with zero attached hydrogens (tertiary/aromatic N) is 1. The molecular weight excluding hydrogens is 204 g/mol. The van der Waals surface area contributed by atoms with Crippen LogP contribution in [0.15, 0.2) is 0 Å². The van der Waals surface area contributed by atoms with Crippen molar-refractivity contribution in [3.63, 3.8) is 0 Å². The Morgan fingerprint density at radius 3 is 2.14 bits per heavy atom. The molecule has 1 fully saturated rings. The largest absolute Gasteiger partial charge is 0.369 e. The molecule has 1 atom stereocenters. The SMILES string of the molecule is CC.CS(=O)(=O)N1CCC(C(N)=O)C1. The third-order valence-electron chi connectivity index (χ3n) is 2.02. The first-order valence-electron chi connectivity index (χ1n) is 4.65. The summed E-state index contributed by atoms with van der Waals surface area (Å²) in [5.41, 5.74) is 5.04. The lowest BCUT2D eigenvalue weighted by Gasteiger charge is -2.11. The average molecular weight is 222 g/mol. The first kappa shape index (κ1) is 13.4. The highest BCUT2D eigenvalue weighted by molar-refractivity contribution is 7.88. The molecule has 1 unspecified atom stereocenters. The van der Waals surface area contributed by atoms with Gasteiger partial charge in [0.15, 0.2) is 0 Å². The van der Waals surface area contributed by atoms with Crippen LogP contribution in [0.25, 0.3) is 0 Å². The number of primary amides is 1. The van der Waals surface area contributed by atoms with E-state index in [1.165, 1.54) is 4.31 Å². The van der Waals surface area contributed by atoms with Gasteiger partial charge in [0.1, 0.15) is 0 Å². The van der Waals surface area contributed by atoms with Gasteiger partial charge in [-0.25, -0.2) is 12.7 Å². The second-order valence-corrected chi connectivity index (χ2v) is 4.99. The van der Waals surface area contributed by atoms with E-state index in [1.807, 2.05) is 13.8 Å². The van der Waals surface area contributed by atoms with E-state index in [0.29, 0.717) is 13.0 Å². The summed E-state index contributed by atoms with van der Waals surface area (Å²) in [5.74, 6) is -0.721. The molecule has 0 spiro atoms. The lowest BCUT2D eigenvalue weighted by Crippen LogP contribution is -2.30. The second kappa shape index (κ2) is 5.31. The number of amides is 1. The Morgan fingerprint density at radius 1 is 1.43 bits per heavy atom. The molecule has 1 amide bonds. The fraction of sp³-hybridized carbons (Fsp3) is 0.875. The monoisotopic (exact) mass is 222 g/mol. The molecule has 14 heavy (non-hydrogen) atoms. The van der Waals surface area contributed by atoms with Gasteiger partial charge in [-0.1, -0.05) is 13.8 Å². The Bertz CT molecular complexity index is 287. The minimum Gasteiger partial charge on any atom is -0.369 e. The van der Waals surface area contributed by atoms with E-state index in [9.17, 15) is 13.2 Å². The number of sulfonamides is 1. The van der Waals surface area contributed by atoms with Crippen LogP contribution in [-0.4, -0.2) is 38.0 Å². The van der Waals surface area contributed by atoms with Crippen molar-refractivity contribution in [2.24, 2.45) is 11.7 Å². The van der Waals surface area contributed by atoms with E-state index >= 15 is 0 Å². The van der Waals surface area contributed by atoms with Crippen molar-refractivity contribution >= 4 is 15.9 Å². The minimum absolute atomic E-state index is 0.244. The lowest BCUT2D eigenvalue weighted by atomic mass is 10.1. The van der Waals surface area contributed by atoms with Crippen LogP contribution >= 0.6 is 0 Å². The Kier molecular flexibility index (Phi) is 5.07. The summed E-state index contributed by atoms with van der Waals surface area (Å²) in [7, 11) is -3.14. The summed E-state index contributed by atoms with van der Waals surface area (Å²) >= 11 is 0. The summed E-state index contributed by atoms with van der Waals surface area (Å²) in [6, 6.07) is 0. The predicted molar refractivity (Wildman–Crippen MR) is 55.1 cm³/mol. The van der Waals surface area contributed by atoms with Gasteiger partial charge in [0.25, 0.3) is 0 Å². The number of hydrogen-bond acceptors (Lipinski definition) is 3. The molecule has 1 aliphatic rings. The predicted octanol–water partition coefficient (Wildman–Crippen LogP) is -0.221. The zero-order valence-electron chi connectivity index (χ0n) is 8.86. The second-order valence-electron chi connectivity index (χ2n) is 3.01. The molecule has 1 saturated heterocycles. The molecule has 0 aromatic rings. The molecule has 6 heteroatoms. The summed E-state index contributed by atoms with van der Waals surface area (Å²) in [6.45, 7) is 4.65. The molecule has 0 bridgehead atoms. The molecule has 0 aromatic carbocycles. The van der Waals surface area contributed by atoms with Crippen LogP contribution in [0.4, 0.5) is 0 Å². The zero-order valence-corrected chi connectivity index (χ0v) is 9.67. The Balaban J connectivity index is 0.000000791. The standard InChI is InChI=1S/C6H12N2O3S.C2H6/c1-12(10,11)8-3-2-5(4-8)6(7)9;1-2/h5H,2-4H2,1H3,(H2,7,9);1-2H3. The quantitative estimate of drug-likeness (QED) is 0.701. The maximum Gasteiger partial charge on any atom is 0.221 e.